The van der Waals surface area contributed by atoms with Crippen LogP contribution in [0.5, 0.6) is 0 Å². The summed E-state index contributed by atoms with van der Waals surface area (Å²) in [5.74, 6) is 1.44. The van der Waals surface area contributed by atoms with Crippen molar-refractivity contribution in [3.8, 4) is 17.5 Å². The summed E-state index contributed by atoms with van der Waals surface area (Å²) < 4.78 is 0. The van der Waals surface area contributed by atoms with E-state index in [1.54, 1.807) is 6.07 Å². The van der Waals surface area contributed by atoms with Crippen LogP contribution in [0, 0.1) is 11.3 Å². The van der Waals surface area contributed by atoms with Gasteiger partial charge in [0.15, 0.2) is 5.82 Å². The second-order valence-electron chi connectivity index (χ2n) is 5.75. The zero-order chi connectivity index (χ0) is 17.6. The number of aromatic nitrogens is 3. The highest BCUT2D eigenvalue weighted by molar-refractivity contribution is 5.65. The number of nitrogens with one attached hydrogen (secondary N) is 2. The van der Waals surface area contributed by atoms with Gasteiger partial charge in [-0.3, -0.25) is 0 Å². The molecule has 0 amide bonds. The summed E-state index contributed by atoms with van der Waals surface area (Å²) in [5.41, 5.74) is 2.08. The standard InChI is InChI=1S/C19H18N6/c1-13(2)21-18-23-17(14-8-4-3-5-9-14)24-19(25-18)22-16-11-7-6-10-15(16)12-20/h3-11,13H,1-2H3,(H2,21,22,23,24,25). The lowest BCUT2D eigenvalue weighted by Gasteiger charge is -2.12. The Labute approximate surface area is 146 Å². The van der Waals surface area contributed by atoms with Crippen LogP contribution in [-0.4, -0.2) is 21.0 Å². The summed E-state index contributed by atoms with van der Waals surface area (Å²) in [5, 5.41) is 15.6. The Bertz CT molecular complexity index is 899. The predicted molar refractivity (Wildman–Crippen MR) is 98.5 cm³/mol. The minimum Gasteiger partial charge on any atom is -0.352 e. The quantitative estimate of drug-likeness (QED) is 0.736. The lowest BCUT2D eigenvalue weighted by molar-refractivity contribution is 0.869. The Morgan fingerprint density at radius 2 is 1.56 bits per heavy atom. The molecule has 0 atom stereocenters. The van der Waals surface area contributed by atoms with Crippen LogP contribution in [0.4, 0.5) is 17.6 Å². The fraction of sp³-hybridized carbons (Fsp3) is 0.158. The zero-order valence-electron chi connectivity index (χ0n) is 14.1. The maximum absolute atomic E-state index is 9.25. The van der Waals surface area contributed by atoms with Crippen molar-refractivity contribution in [3.63, 3.8) is 0 Å². The number of nitriles is 1. The number of hydrogen-bond donors (Lipinski definition) is 2. The largest absolute Gasteiger partial charge is 0.352 e. The van der Waals surface area contributed by atoms with Crippen LogP contribution in [0.1, 0.15) is 19.4 Å². The van der Waals surface area contributed by atoms with Gasteiger partial charge in [-0.25, -0.2) is 0 Å². The third kappa shape index (κ3) is 4.09. The van der Waals surface area contributed by atoms with E-state index in [-0.39, 0.29) is 6.04 Å². The molecular weight excluding hydrogens is 312 g/mol. The van der Waals surface area contributed by atoms with Gasteiger partial charge in [0.25, 0.3) is 0 Å². The molecule has 0 bridgehead atoms. The highest BCUT2D eigenvalue weighted by atomic mass is 15.2. The molecule has 6 heteroatoms. The normalized spacial score (nSPS) is 10.3. The Morgan fingerprint density at radius 3 is 2.28 bits per heavy atom. The Hall–Kier alpha value is -3.46. The molecule has 3 rings (SSSR count). The number of para-hydroxylation sites is 1. The fourth-order valence-corrected chi connectivity index (χ4v) is 2.28. The summed E-state index contributed by atoms with van der Waals surface area (Å²) in [6.45, 7) is 4.04. The highest BCUT2D eigenvalue weighted by Gasteiger charge is 2.11. The molecule has 0 fully saturated rings. The predicted octanol–water partition coefficient (Wildman–Crippen LogP) is 3.97. The Morgan fingerprint density at radius 1 is 0.880 bits per heavy atom. The van der Waals surface area contributed by atoms with Crippen LogP contribution in [-0.2, 0) is 0 Å². The van der Waals surface area contributed by atoms with Crippen LogP contribution in [0.3, 0.4) is 0 Å². The Kier molecular flexibility index (Phi) is 4.86. The van der Waals surface area contributed by atoms with Gasteiger partial charge in [0.2, 0.25) is 11.9 Å². The smallest absolute Gasteiger partial charge is 0.232 e. The van der Waals surface area contributed by atoms with E-state index in [9.17, 15) is 5.26 Å². The molecule has 0 aliphatic heterocycles. The zero-order valence-corrected chi connectivity index (χ0v) is 14.1. The van der Waals surface area contributed by atoms with E-state index in [4.69, 9.17) is 0 Å². The minimum absolute atomic E-state index is 0.185. The van der Waals surface area contributed by atoms with Crippen molar-refractivity contribution >= 4 is 17.6 Å². The van der Waals surface area contributed by atoms with Gasteiger partial charge in [-0.05, 0) is 26.0 Å². The molecule has 0 unspecified atom stereocenters. The number of anilines is 3. The maximum Gasteiger partial charge on any atom is 0.232 e. The van der Waals surface area contributed by atoms with Crippen molar-refractivity contribution in [1.82, 2.24) is 15.0 Å². The van der Waals surface area contributed by atoms with Crippen molar-refractivity contribution in [2.45, 2.75) is 19.9 Å². The van der Waals surface area contributed by atoms with E-state index in [0.717, 1.165) is 5.56 Å². The van der Waals surface area contributed by atoms with Crippen molar-refractivity contribution < 1.29 is 0 Å². The van der Waals surface area contributed by atoms with Gasteiger partial charge < -0.3 is 10.6 Å². The SMILES string of the molecule is CC(C)Nc1nc(Nc2ccccc2C#N)nc(-c2ccccc2)n1. The van der Waals surface area contributed by atoms with E-state index in [1.807, 2.05) is 62.4 Å². The molecule has 0 saturated carbocycles. The molecule has 3 aromatic rings. The van der Waals surface area contributed by atoms with Crippen LogP contribution < -0.4 is 10.6 Å². The first kappa shape index (κ1) is 16.4. The van der Waals surface area contributed by atoms with Gasteiger partial charge in [-0.2, -0.15) is 20.2 Å². The number of nitrogens with zero attached hydrogens (tertiary/aromatic N) is 4. The molecule has 6 nitrogen and oxygen atoms in total. The van der Waals surface area contributed by atoms with Gasteiger partial charge in [0, 0.05) is 11.6 Å². The molecular formula is C19H18N6. The average molecular weight is 330 g/mol. The van der Waals surface area contributed by atoms with Crippen LogP contribution in [0.2, 0.25) is 0 Å². The third-order valence-corrected chi connectivity index (χ3v) is 3.38. The fourth-order valence-electron chi connectivity index (χ4n) is 2.28. The second-order valence-corrected chi connectivity index (χ2v) is 5.75. The summed E-state index contributed by atoms with van der Waals surface area (Å²) >= 11 is 0. The van der Waals surface area contributed by atoms with Gasteiger partial charge in [0.1, 0.15) is 6.07 Å². The first-order chi connectivity index (χ1) is 12.2. The number of hydrogen-bond acceptors (Lipinski definition) is 6. The molecule has 0 spiro atoms. The van der Waals surface area contributed by atoms with Gasteiger partial charge in [0.05, 0.1) is 11.3 Å². The lowest BCUT2D eigenvalue weighted by atomic mass is 10.2. The summed E-state index contributed by atoms with van der Waals surface area (Å²) in [4.78, 5) is 13.4. The first-order valence-electron chi connectivity index (χ1n) is 8.00. The van der Waals surface area contributed by atoms with Crippen LogP contribution >= 0.6 is 0 Å². The van der Waals surface area contributed by atoms with Crippen LogP contribution in [0.15, 0.2) is 54.6 Å². The van der Waals surface area contributed by atoms with E-state index < -0.39 is 0 Å². The molecule has 0 radical (unpaired) electrons. The summed E-state index contributed by atoms with van der Waals surface area (Å²) in [6.07, 6.45) is 0. The van der Waals surface area contributed by atoms with E-state index in [0.29, 0.717) is 29.0 Å². The second kappa shape index (κ2) is 7.41. The monoisotopic (exact) mass is 330 g/mol. The van der Waals surface area contributed by atoms with Crippen molar-refractivity contribution in [2.75, 3.05) is 10.6 Å². The average Bonchev–Trinajstić information content (AvgIpc) is 2.62. The minimum atomic E-state index is 0.185. The maximum atomic E-state index is 9.25. The van der Waals surface area contributed by atoms with Crippen LogP contribution in [0.25, 0.3) is 11.4 Å². The molecule has 0 saturated heterocycles. The Balaban J connectivity index is 2.02. The van der Waals surface area contributed by atoms with Gasteiger partial charge in [-0.1, -0.05) is 42.5 Å². The van der Waals surface area contributed by atoms with E-state index in [1.165, 1.54) is 0 Å². The molecule has 1 heterocycles. The molecule has 2 aromatic carbocycles. The molecule has 25 heavy (non-hydrogen) atoms. The summed E-state index contributed by atoms with van der Waals surface area (Å²) in [6, 6.07) is 19.3. The number of benzene rings is 2. The molecule has 0 aliphatic carbocycles. The van der Waals surface area contributed by atoms with Gasteiger partial charge >= 0.3 is 0 Å². The van der Waals surface area contributed by atoms with Crippen molar-refractivity contribution in [3.05, 3.63) is 60.2 Å². The molecule has 1 aromatic heterocycles. The first-order valence-corrected chi connectivity index (χ1v) is 8.00. The van der Waals surface area contributed by atoms with E-state index in [2.05, 4.69) is 31.7 Å². The van der Waals surface area contributed by atoms with Gasteiger partial charge in [-0.15, -0.1) is 0 Å². The van der Waals surface area contributed by atoms with E-state index >= 15 is 0 Å². The molecule has 0 aliphatic rings. The topological polar surface area (TPSA) is 86.5 Å². The highest BCUT2D eigenvalue weighted by Crippen LogP contribution is 2.22. The molecule has 124 valence electrons. The lowest BCUT2D eigenvalue weighted by Crippen LogP contribution is -2.14. The van der Waals surface area contributed by atoms with Crippen molar-refractivity contribution in [1.29, 1.82) is 5.26 Å². The summed E-state index contributed by atoms with van der Waals surface area (Å²) in [7, 11) is 0. The molecule has 2 N–H and O–H groups in total. The van der Waals surface area contributed by atoms with Crippen molar-refractivity contribution in [2.24, 2.45) is 0 Å². The third-order valence-electron chi connectivity index (χ3n) is 3.38. The number of rotatable bonds is 5.